The van der Waals surface area contributed by atoms with Crippen LogP contribution < -0.4 is 10.6 Å². The van der Waals surface area contributed by atoms with Gasteiger partial charge in [-0.1, -0.05) is 0 Å². The van der Waals surface area contributed by atoms with E-state index in [1.165, 1.54) is 0 Å². The highest BCUT2D eigenvalue weighted by molar-refractivity contribution is 5.96. The smallest absolute Gasteiger partial charge is 0.251 e. The second-order valence-electron chi connectivity index (χ2n) is 4.58. The molecule has 1 atom stereocenters. The molecular weight excluding hydrogens is 256 g/mol. The Hall–Kier alpha value is -1.59. The van der Waals surface area contributed by atoms with Gasteiger partial charge in [-0.15, -0.1) is 0 Å². The Balaban J connectivity index is 2.63. The van der Waals surface area contributed by atoms with Crippen molar-refractivity contribution in [3.05, 3.63) is 29.3 Å². The third kappa shape index (κ3) is 4.83. The van der Waals surface area contributed by atoms with Gasteiger partial charge in [0.05, 0.1) is 12.7 Å². The van der Waals surface area contributed by atoms with Gasteiger partial charge in [-0.3, -0.25) is 4.79 Å². The Morgan fingerprint density at radius 1 is 1.35 bits per heavy atom. The molecule has 0 aliphatic carbocycles. The highest BCUT2D eigenvalue weighted by Crippen LogP contribution is 2.15. The first-order valence-electron chi connectivity index (χ1n) is 6.76. The molecule has 0 radical (unpaired) electrons. The highest BCUT2D eigenvalue weighted by Gasteiger charge is 2.12. The first kappa shape index (κ1) is 16.5. The summed E-state index contributed by atoms with van der Waals surface area (Å²) in [6.07, 6.45) is -0.134. The molecule has 0 saturated carbocycles. The molecule has 0 saturated heterocycles. The van der Waals surface area contributed by atoms with Gasteiger partial charge < -0.3 is 20.1 Å². The zero-order chi connectivity index (χ0) is 15.0. The van der Waals surface area contributed by atoms with Crippen LogP contribution in [-0.4, -0.2) is 45.9 Å². The van der Waals surface area contributed by atoms with Crippen LogP contribution in [0.25, 0.3) is 0 Å². The minimum absolute atomic E-state index is 0.0938. The topological polar surface area (TPSA) is 59.6 Å². The lowest BCUT2D eigenvalue weighted by molar-refractivity contribution is 0.0285. The predicted molar refractivity (Wildman–Crippen MR) is 80.3 cm³/mol. The van der Waals surface area contributed by atoms with Gasteiger partial charge in [-0.05, 0) is 37.6 Å². The van der Waals surface area contributed by atoms with Crippen LogP contribution in [0.15, 0.2) is 18.2 Å². The van der Waals surface area contributed by atoms with Crippen molar-refractivity contribution in [2.45, 2.75) is 20.0 Å². The molecule has 1 amide bonds. The van der Waals surface area contributed by atoms with Gasteiger partial charge in [0.15, 0.2) is 0 Å². The lowest BCUT2D eigenvalue weighted by Gasteiger charge is -2.16. The van der Waals surface area contributed by atoms with Gasteiger partial charge in [0.1, 0.15) is 0 Å². The van der Waals surface area contributed by atoms with Crippen molar-refractivity contribution in [3.63, 3.8) is 0 Å². The molecule has 0 bridgehead atoms. The van der Waals surface area contributed by atoms with Crippen LogP contribution in [0.1, 0.15) is 22.8 Å². The van der Waals surface area contributed by atoms with Crippen LogP contribution in [-0.2, 0) is 9.47 Å². The Bertz CT molecular complexity index is 435. The fraction of sp³-hybridized carbons (Fsp3) is 0.533. The SMILES string of the molecule is CCNc1ccc(C(=O)NCC(COC)OC)c(C)c1. The van der Waals surface area contributed by atoms with Gasteiger partial charge >= 0.3 is 0 Å². The van der Waals surface area contributed by atoms with Gasteiger partial charge in [0.2, 0.25) is 0 Å². The zero-order valence-corrected chi connectivity index (χ0v) is 12.7. The van der Waals surface area contributed by atoms with E-state index in [0.29, 0.717) is 18.7 Å². The molecule has 5 heteroatoms. The molecule has 0 spiro atoms. The summed E-state index contributed by atoms with van der Waals surface area (Å²) in [6, 6.07) is 5.72. The molecule has 0 fully saturated rings. The van der Waals surface area contributed by atoms with Crippen LogP contribution >= 0.6 is 0 Å². The molecule has 0 heterocycles. The number of aryl methyl sites for hydroxylation is 1. The van der Waals surface area contributed by atoms with Crippen LogP contribution in [0.4, 0.5) is 5.69 Å². The summed E-state index contributed by atoms with van der Waals surface area (Å²) in [5, 5.41) is 6.09. The fourth-order valence-electron chi connectivity index (χ4n) is 1.93. The standard InChI is InChI=1S/C15H24N2O3/c1-5-16-12-6-7-14(11(2)8-12)15(18)17-9-13(20-4)10-19-3/h6-8,13,16H,5,9-10H2,1-4H3,(H,17,18). The summed E-state index contributed by atoms with van der Waals surface area (Å²) in [5.74, 6) is -0.0938. The summed E-state index contributed by atoms with van der Waals surface area (Å²) in [5.41, 5.74) is 2.65. The summed E-state index contributed by atoms with van der Waals surface area (Å²) in [4.78, 5) is 12.1. The number of hydrogen-bond donors (Lipinski definition) is 2. The summed E-state index contributed by atoms with van der Waals surface area (Å²) >= 11 is 0. The molecule has 1 unspecified atom stereocenters. The average Bonchev–Trinajstić information content (AvgIpc) is 2.43. The van der Waals surface area contributed by atoms with E-state index in [-0.39, 0.29) is 12.0 Å². The number of ether oxygens (including phenoxy) is 2. The minimum Gasteiger partial charge on any atom is -0.385 e. The van der Waals surface area contributed by atoms with E-state index in [1.54, 1.807) is 14.2 Å². The van der Waals surface area contributed by atoms with Crippen molar-refractivity contribution < 1.29 is 14.3 Å². The zero-order valence-electron chi connectivity index (χ0n) is 12.7. The fourth-order valence-corrected chi connectivity index (χ4v) is 1.93. The van der Waals surface area contributed by atoms with Crippen molar-refractivity contribution in [1.29, 1.82) is 0 Å². The molecule has 0 aromatic heterocycles. The summed E-state index contributed by atoms with van der Waals surface area (Å²) < 4.78 is 10.2. The first-order valence-corrected chi connectivity index (χ1v) is 6.76. The van der Waals surface area contributed by atoms with E-state index >= 15 is 0 Å². The summed E-state index contributed by atoms with van der Waals surface area (Å²) in [6.45, 7) is 5.71. The molecular formula is C15H24N2O3. The number of benzene rings is 1. The lowest BCUT2D eigenvalue weighted by atomic mass is 10.1. The Labute approximate surface area is 120 Å². The van der Waals surface area contributed by atoms with E-state index in [9.17, 15) is 4.79 Å². The number of methoxy groups -OCH3 is 2. The first-order chi connectivity index (χ1) is 9.62. The van der Waals surface area contributed by atoms with Gasteiger partial charge in [-0.25, -0.2) is 0 Å². The van der Waals surface area contributed by atoms with Crippen LogP contribution in [0, 0.1) is 6.92 Å². The number of carbonyl (C=O) groups is 1. The molecule has 1 aromatic rings. The van der Waals surface area contributed by atoms with Crippen molar-refractivity contribution >= 4 is 11.6 Å². The number of rotatable bonds is 8. The Morgan fingerprint density at radius 2 is 2.10 bits per heavy atom. The largest absolute Gasteiger partial charge is 0.385 e. The molecule has 1 aromatic carbocycles. The molecule has 112 valence electrons. The van der Waals surface area contributed by atoms with Crippen LogP contribution in [0.5, 0.6) is 0 Å². The number of amides is 1. The maximum Gasteiger partial charge on any atom is 0.251 e. The normalized spacial score (nSPS) is 12.0. The maximum absolute atomic E-state index is 12.1. The van der Waals surface area contributed by atoms with E-state index < -0.39 is 0 Å². The molecule has 0 aliphatic rings. The van der Waals surface area contributed by atoms with Crippen molar-refractivity contribution in [3.8, 4) is 0 Å². The quantitative estimate of drug-likeness (QED) is 0.762. The summed E-state index contributed by atoms with van der Waals surface area (Å²) in [7, 11) is 3.21. The number of hydrogen-bond acceptors (Lipinski definition) is 4. The molecule has 20 heavy (non-hydrogen) atoms. The van der Waals surface area contributed by atoms with Crippen LogP contribution in [0.3, 0.4) is 0 Å². The average molecular weight is 280 g/mol. The number of nitrogens with one attached hydrogen (secondary N) is 2. The van der Waals surface area contributed by atoms with Crippen LogP contribution in [0.2, 0.25) is 0 Å². The van der Waals surface area contributed by atoms with E-state index in [4.69, 9.17) is 9.47 Å². The highest BCUT2D eigenvalue weighted by atomic mass is 16.5. The minimum atomic E-state index is -0.134. The molecule has 0 aliphatic heterocycles. The number of carbonyl (C=O) groups excluding carboxylic acids is 1. The molecule has 5 nitrogen and oxygen atoms in total. The van der Waals surface area contributed by atoms with Gasteiger partial charge in [0.25, 0.3) is 5.91 Å². The molecule has 2 N–H and O–H groups in total. The van der Waals surface area contributed by atoms with E-state index in [2.05, 4.69) is 10.6 Å². The molecule has 1 rings (SSSR count). The lowest BCUT2D eigenvalue weighted by Crippen LogP contribution is -2.35. The third-order valence-electron chi connectivity index (χ3n) is 3.03. The van der Waals surface area contributed by atoms with Crippen molar-refractivity contribution in [2.24, 2.45) is 0 Å². The number of anilines is 1. The second kappa shape index (κ2) is 8.55. The van der Waals surface area contributed by atoms with Crippen molar-refractivity contribution in [1.82, 2.24) is 5.32 Å². The third-order valence-corrected chi connectivity index (χ3v) is 3.03. The monoisotopic (exact) mass is 280 g/mol. The predicted octanol–water partition coefficient (Wildman–Crippen LogP) is 1.82. The van der Waals surface area contributed by atoms with Gasteiger partial charge in [-0.2, -0.15) is 0 Å². The second-order valence-corrected chi connectivity index (χ2v) is 4.58. The Kier molecular flexibility index (Phi) is 7.04. The van der Waals surface area contributed by atoms with Gasteiger partial charge in [0, 0.05) is 38.6 Å². The van der Waals surface area contributed by atoms with Crippen molar-refractivity contribution in [2.75, 3.05) is 39.2 Å². The maximum atomic E-state index is 12.1. The van der Waals surface area contributed by atoms with E-state index in [0.717, 1.165) is 17.8 Å². The Morgan fingerprint density at radius 3 is 2.65 bits per heavy atom. The van der Waals surface area contributed by atoms with E-state index in [1.807, 2.05) is 32.0 Å².